The Kier molecular flexibility index (Phi) is 6.52. The van der Waals surface area contributed by atoms with Gasteiger partial charge in [0.2, 0.25) is 10.0 Å². The summed E-state index contributed by atoms with van der Waals surface area (Å²) in [5, 5.41) is 5.99. The summed E-state index contributed by atoms with van der Waals surface area (Å²) in [5.41, 5.74) is 2.70. The third-order valence-corrected chi connectivity index (χ3v) is 6.04. The Morgan fingerprint density at radius 1 is 1.04 bits per heavy atom. The van der Waals surface area contributed by atoms with E-state index in [-0.39, 0.29) is 16.8 Å². The van der Waals surface area contributed by atoms with Crippen molar-refractivity contribution >= 4 is 15.9 Å². The van der Waals surface area contributed by atoms with E-state index in [4.69, 9.17) is 0 Å². The molecule has 2 rings (SSSR count). The summed E-state index contributed by atoms with van der Waals surface area (Å²) in [6.45, 7) is 2.67. The fourth-order valence-corrected chi connectivity index (χ4v) is 3.35. The second-order valence-electron chi connectivity index (χ2n) is 6.24. The number of nitrogens with one attached hydrogen (secondary N) is 2. The molecule has 0 spiro atoms. The molecule has 2 aromatic carbocycles. The zero-order chi connectivity index (χ0) is 19.3. The first-order valence-electron chi connectivity index (χ1n) is 8.32. The van der Waals surface area contributed by atoms with Crippen LogP contribution >= 0.6 is 0 Å². The maximum absolute atomic E-state index is 12.1. The van der Waals surface area contributed by atoms with Gasteiger partial charge in [0.05, 0.1) is 4.90 Å². The van der Waals surface area contributed by atoms with Gasteiger partial charge in [-0.05, 0) is 42.3 Å². The zero-order valence-electron chi connectivity index (χ0n) is 15.5. The van der Waals surface area contributed by atoms with Crippen LogP contribution in [-0.2, 0) is 16.6 Å². The van der Waals surface area contributed by atoms with Crippen LogP contribution in [0.15, 0.2) is 53.4 Å². The van der Waals surface area contributed by atoms with Gasteiger partial charge in [-0.3, -0.25) is 4.79 Å². The van der Waals surface area contributed by atoms with Gasteiger partial charge in [0.1, 0.15) is 0 Å². The Morgan fingerprint density at radius 2 is 1.62 bits per heavy atom. The molecular weight excluding hydrogens is 350 g/mol. The first-order valence-corrected chi connectivity index (χ1v) is 9.76. The Hall–Kier alpha value is -2.22. The molecule has 0 saturated heterocycles. The van der Waals surface area contributed by atoms with Gasteiger partial charge in [-0.25, -0.2) is 12.7 Å². The number of hydrogen-bond donors (Lipinski definition) is 2. The van der Waals surface area contributed by atoms with Crippen LogP contribution in [0.4, 0.5) is 0 Å². The molecule has 0 saturated carbocycles. The molecule has 0 radical (unpaired) electrons. The predicted molar refractivity (Wildman–Crippen MR) is 102 cm³/mol. The molecule has 140 valence electrons. The van der Waals surface area contributed by atoms with Gasteiger partial charge in [0.15, 0.2) is 0 Å². The summed E-state index contributed by atoms with van der Waals surface area (Å²) in [6, 6.07) is 14.4. The van der Waals surface area contributed by atoms with Crippen LogP contribution in [0.2, 0.25) is 0 Å². The highest BCUT2D eigenvalue weighted by atomic mass is 32.2. The van der Waals surface area contributed by atoms with Crippen molar-refractivity contribution in [2.45, 2.75) is 24.4 Å². The molecule has 0 heterocycles. The van der Waals surface area contributed by atoms with E-state index in [9.17, 15) is 13.2 Å². The Balaban J connectivity index is 2.00. The largest absolute Gasteiger partial charge is 0.355 e. The SMILES string of the molecule is CNC(=O)c1ccc(CNC(C)c2ccc(S(=O)(=O)N(C)C)cc2)cc1. The first-order chi connectivity index (χ1) is 12.3. The quantitative estimate of drug-likeness (QED) is 0.777. The molecule has 0 aromatic heterocycles. The molecule has 0 bridgehead atoms. The Bertz CT molecular complexity index is 845. The molecule has 0 aliphatic heterocycles. The standard InChI is InChI=1S/C19H25N3O3S/c1-14(16-9-11-18(12-10-16)26(24,25)22(3)4)21-13-15-5-7-17(8-6-15)19(23)20-2/h5-12,14,21H,13H2,1-4H3,(H,20,23). The van der Waals surface area contributed by atoms with Gasteiger partial charge < -0.3 is 10.6 Å². The van der Waals surface area contributed by atoms with Crippen molar-refractivity contribution in [3.05, 3.63) is 65.2 Å². The van der Waals surface area contributed by atoms with E-state index >= 15 is 0 Å². The van der Waals surface area contributed by atoms with Crippen LogP contribution in [0.1, 0.15) is 34.5 Å². The molecule has 1 amide bonds. The molecule has 0 aliphatic rings. The minimum absolute atomic E-state index is 0.0599. The average molecular weight is 375 g/mol. The van der Waals surface area contributed by atoms with Crippen molar-refractivity contribution in [2.75, 3.05) is 21.1 Å². The van der Waals surface area contributed by atoms with E-state index in [1.54, 1.807) is 31.3 Å². The number of sulfonamides is 1. The maximum Gasteiger partial charge on any atom is 0.251 e. The number of hydrogen-bond acceptors (Lipinski definition) is 4. The van der Waals surface area contributed by atoms with E-state index in [0.29, 0.717) is 12.1 Å². The average Bonchev–Trinajstić information content (AvgIpc) is 2.65. The van der Waals surface area contributed by atoms with Crippen LogP contribution in [-0.4, -0.2) is 39.8 Å². The predicted octanol–water partition coefficient (Wildman–Crippen LogP) is 2.15. The molecule has 1 unspecified atom stereocenters. The zero-order valence-corrected chi connectivity index (χ0v) is 16.3. The number of benzene rings is 2. The van der Waals surface area contributed by atoms with Crippen LogP contribution in [0.5, 0.6) is 0 Å². The van der Waals surface area contributed by atoms with Gasteiger partial charge in [0, 0.05) is 39.3 Å². The lowest BCUT2D eigenvalue weighted by atomic mass is 10.1. The van der Waals surface area contributed by atoms with E-state index in [1.165, 1.54) is 18.4 Å². The third kappa shape index (κ3) is 4.69. The summed E-state index contributed by atoms with van der Waals surface area (Å²) >= 11 is 0. The summed E-state index contributed by atoms with van der Waals surface area (Å²) < 4.78 is 25.4. The second kappa shape index (κ2) is 8.44. The minimum Gasteiger partial charge on any atom is -0.355 e. The van der Waals surface area contributed by atoms with Crippen molar-refractivity contribution in [1.82, 2.24) is 14.9 Å². The Labute approximate surface area is 155 Å². The summed E-state index contributed by atoms with van der Waals surface area (Å²) in [6.07, 6.45) is 0. The lowest BCUT2D eigenvalue weighted by Crippen LogP contribution is -2.22. The number of nitrogens with zero attached hydrogens (tertiary/aromatic N) is 1. The fraction of sp³-hybridized carbons (Fsp3) is 0.316. The van der Waals surface area contributed by atoms with Gasteiger partial charge in [0.25, 0.3) is 5.91 Å². The van der Waals surface area contributed by atoms with Crippen LogP contribution in [0.25, 0.3) is 0 Å². The van der Waals surface area contributed by atoms with Gasteiger partial charge in [-0.1, -0.05) is 24.3 Å². The molecule has 2 N–H and O–H groups in total. The number of rotatable bonds is 7. The molecular formula is C19H25N3O3S. The van der Waals surface area contributed by atoms with Crippen LogP contribution in [0, 0.1) is 0 Å². The Morgan fingerprint density at radius 3 is 2.12 bits per heavy atom. The van der Waals surface area contributed by atoms with Crippen molar-refractivity contribution in [3.63, 3.8) is 0 Å². The van der Waals surface area contributed by atoms with Gasteiger partial charge in [-0.2, -0.15) is 0 Å². The highest BCUT2D eigenvalue weighted by molar-refractivity contribution is 7.89. The summed E-state index contributed by atoms with van der Waals surface area (Å²) in [7, 11) is 1.23. The summed E-state index contributed by atoms with van der Waals surface area (Å²) in [5.74, 6) is -0.106. The van der Waals surface area contributed by atoms with Crippen molar-refractivity contribution in [2.24, 2.45) is 0 Å². The lowest BCUT2D eigenvalue weighted by molar-refractivity contribution is 0.0963. The first kappa shape index (κ1) is 20.1. The van der Waals surface area contributed by atoms with E-state index in [1.807, 2.05) is 31.2 Å². The highest BCUT2D eigenvalue weighted by Crippen LogP contribution is 2.18. The third-order valence-electron chi connectivity index (χ3n) is 4.21. The van der Waals surface area contributed by atoms with Gasteiger partial charge in [-0.15, -0.1) is 0 Å². The smallest absolute Gasteiger partial charge is 0.251 e. The highest BCUT2D eigenvalue weighted by Gasteiger charge is 2.17. The molecule has 7 heteroatoms. The minimum atomic E-state index is -3.41. The molecule has 2 aromatic rings. The summed E-state index contributed by atoms with van der Waals surface area (Å²) in [4.78, 5) is 11.8. The normalized spacial score (nSPS) is 12.8. The van der Waals surface area contributed by atoms with Crippen molar-refractivity contribution in [1.29, 1.82) is 0 Å². The van der Waals surface area contributed by atoms with Crippen molar-refractivity contribution < 1.29 is 13.2 Å². The topological polar surface area (TPSA) is 78.5 Å². The van der Waals surface area contributed by atoms with Crippen LogP contribution < -0.4 is 10.6 Å². The fourth-order valence-electron chi connectivity index (χ4n) is 2.45. The number of carbonyl (C=O) groups is 1. The number of carbonyl (C=O) groups excluding carboxylic acids is 1. The van der Waals surface area contributed by atoms with Crippen molar-refractivity contribution in [3.8, 4) is 0 Å². The van der Waals surface area contributed by atoms with E-state index in [2.05, 4.69) is 10.6 Å². The monoisotopic (exact) mass is 375 g/mol. The lowest BCUT2D eigenvalue weighted by Gasteiger charge is -2.16. The second-order valence-corrected chi connectivity index (χ2v) is 8.39. The van der Waals surface area contributed by atoms with E-state index < -0.39 is 10.0 Å². The van der Waals surface area contributed by atoms with Gasteiger partial charge >= 0.3 is 0 Å². The molecule has 1 atom stereocenters. The van der Waals surface area contributed by atoms with E-state index in [0.717, 1.165) is 11.1 Å². The molecule has 26 heavy (non-hydrogen) atoms. The molecule has 0 fully saturated rings. The molecule has 0 aliphatic carbocycles. The van der Waals surface area contributed by atoms with Crippen LogP contribution in [0.3, 0.4) is 0 Å². The molecule has 6 nitrogen and oxygen atoms in total. The maximum atomic E-state index is 12.1. The number of amides is 1.